The first-order valence-electron chi connectivity index (χ1n) is 7.98. The molecule has 0 fully saturated rings. The molecule has 0 atom stereocenters. The van der Waals surface area contributed by atoms with Crippen LogP contribution >= 0.6 is 23.5 Å². The first-order valence-corrected chi connectivity index (χ1v) is 10.2. The molecule has 0 spiro atoms. The number of anilines is 1. The number of thioether (sulfide) groups is 2. The molecule has 0 saturated carbocycles. The van der Waals surface area contributed by atoms with Crippen molar-refractivity contribution in [3.8, 4) is 11.4 Å². The summed E-state index contributed by atoms with van der Waals surface area (Å²) in [5, 5.41) is 3.67. The van der Waals surface area contributed by atoms with Crippen LogP contribution in [0, 0.1) is 6.92 Å². The summed E-state index contributed by atoms with van der Waals surface area (Å²) in [6, 6.07) is 15.3. The Balaban J connectivity index is 1.65. The van der Waals surface area contributed by atoms with Gasteiger partial charge in [-0.25, -0.2) is 9.97 Å². The van der Waals surface area contributed by atoms with E-state index in [1.54, 1.807) is 18.0 Å². The maximum Gasteiger partial charge on any atom is 0.234 e. The highest BCUT2D eigenvalue weighted by atomic mass is 32.2. The molecule has 1 amide bonds. The number of hydrogen-bond acceptors (Lipinski definition) is 6. The van der Waals surface area contributed by atoms with Crippen LogP contribution in [0.5, 0.6) is 0 Å². The average molecular weight is 383 g/mol. The first kappa shape index (κ1) is 18.4. The molecule has 2 heterocycles. The molecular formula is C19H18N4OS2. The van der Waals surface area contributed by atoms with Gasteiger partial charge in [0.1, 0.15) is 10.9 Å². The van der Waals surface area contributed by atoms with E-state index in [1.807, 2.05) is 61.7 Å². The molecule has 1 N–H and O–H groups in total. The van der Waals surface area contributed by atoms with Crippen molar-refractivity contribution in [2.24, 2.45) is 0 Å². The SMILES string of the molecule is CSc1cccc(NC(=O)CSc2cc(-c3ccccn3)nc(C)n2)c1. The Hall–Kier alpha value is -2.38. The molecule has 0 aliphatic carbocycles. The predicted molar refractivity (Wildman–Crippen MR) is 108 cm³/mol. The zero-order chi connectivity index (χ0) is 18.4. The summed E-state index contributed by atoms with van der Waals surface area (Å²) in [6.45, 7) is 1.84. The zero-order valence-corrected chi connectivity index (χ0v) is 16.1. The van der Waals surface area contributed by atoms with E-state index in [2.05, 4.69) is 20.3 Å². The van der Waals surface area contributed by atoms with E-state index in [0.29, 0.717) is 5.82 Å². The van der Waals surface area contributed by atoms with Gasteiger partial charge in [0, 0.05) is 16.8 Å². The highest BCUT2D eigenvalue weighted by molar-refractivity contribution is 8.00. The molecule has 132 valence electrons. The van der Waals surface area contributed by atoms with Crippen LogP contribution in [0.3, 0.4) is 0 Å². The molecule has 0 saturated heterocycles. The lowest BCUT2D eigenvalue weighted by atomic mass is 10.2. The molecule has 2 aromatic heterocycles. The van der Waals surface area contributed by atoms with Gasteiger partial charge in [-0.2, -0.15) is 0 Å². The number of carbonyl (C=O) groups is 1. The van der Waals surface area contributed by atoms with Crippen molar-refractivity contribution in [2.75, 3.05) is 17.3 Å². The second-order valence-electron chi connectivity index (χ2n) is 5.42. The fraction of sp³-hybridized carbons (Fsp3) is 0.158. The van der Waals surface area contributed by atoms with E-state index in [0.717, 1.165) is 27.0 Å². The maximum atomic E-state index is 12.2. The minimum absolute atomic E-state index is 0.0658. The molecular weight excluding hydrogens is 364 g/mol. The molecule has 0 aliphatic heterocycles. The number of amides is 1. The van der Waals surface area contributed by atoms with Gasteiger partial charge in [-0.15, -0.1) is 11.8 Å². The van der Waals surface area contributed by atoms with Crippen LogP contribution in [0.1, 0.15) is 5.82 Å². The lowest BCUT2D eigenvalue weighted by Gasteiger charge is -2.07. The number of aryl methyl sites for hydroxylation is 1. The highest BCUT2D eigenvalue weighted by Gasteiger charge is 2.09. The fourth-order valence-corrected chi connectivity index (χ4v) is 3.50. The fourth-order valence-electron chi connectivity index (χ4n) is 2.30. The molecule has 1 aromatic carbocycles. The molecule has 0 unspecified atom stereocenters. The van der Waals surface area contributed by atoms with E-state index < -0.39 is 0 Å². The number of pyridine rings is 1. The minimum atomic E-state index is -0.0658. The summed E-state index contributed by atoms with van der Waals surface area (Å²) in [7, 11) is 0. The summed E-state index contributed by atoms with van der Waals surface area (Å²) in [6.07, 6.45) is 3.74. The second kappa shape index (κ2) is 8.82. The zero-order valence-electron chi connectivity index (χ0n) is 14.5. The van der Waals surface area contributed by atoms with Gasteiger partial charge < -0.3 is 5.32 Å². The van der Waals surface area contributed by atoms with Crippen molar-refractivity contribution in [3.05, 3.63) is 60.6 Å². The minimum Gasteiger partial charge on any atom is -0.325 e. The van der Waals surface area contributed by atoms with Gasteiger partial charge in [-0.1, -0.05) is 23.9 Å². The molecule has 0 aliphatic rings. The third kappa shape index (κ3) is 5.06. The summed E-state index contributed by atoms with van der Waals surface area (Å²) < 4.78 is 0. The Morgan fingerprint density at radius 1 is 1.08 bits per heavy atom. The van der Waals surface area contributed by atoms with Crippen molar-refractivity contribution < 1.29 is 4.79 Å². The molecule has 26 heavy (non-hydrogen) atoms. The van der Waals surface area contributed by atoms with Crippen LogP contribution in [0.15, 0.2) is 64.6 Å². The summed E-state index contributed by atoms with van der Waals surface area (Å²) >= 11 is 3.03. The average Bonchev–Trinajstić information content (AvgIpc) is 2.67. The van der Waals surface area contributed by atoms with Gasteiger partial charge in [-0.05, 0) is 49.6 Å². The Morgan fingerprint density at radius 3 is 2.73 bits per heavy atom. The van der Waals surface area contributed by atoms with E-state index in [9.17, 15) is 4.79 Å². The van der Waals surface area contributed by atoms with Crippen LogP contribution in [-0.2, 0) is 4.79 Å². The maximum absolute atomic E-state index is 12.2. The van der Waals surface area contributed by atoms with Crippen molar-refractivity contribution in [1.82, 2.24) is 15.0 Å². The van der Waals surface area contributed by atoms with Crippen molar-refractivity contribution >= 4 is 35.1 Å². The molecule has 3 rings (SSSR count). The van der Waals surface area contributed by atoms with Gasteiger partial charge in [0.25, 0.3) is 0 Å². The number of nitrogens with zero attached hydrogens (tertiary/aromatic N) is 3. The van der Waals surface area contributed by atoms with Crippen LogP contribution < -0.4 is 5.32 Å². The lowest BCUT2D eigenvalue weighted by molar-refractivity contribution is -0.113. The number of rotatable bonds is 6. The Kier molecular flexibility index (Phi) is 6.25. The van der Waals surface area contributed by atoms with Crippen molar-refractivity contribution in [1.29, 1.82) is 0 Å². The Labute approximate surface area is 161 Å². The standard InChI is InChI=1S/C19H18N4OS2/c1-13-21-17(16-8-3-4-9-20-16)11-19(22-13)26-12-18(24)23-14-6-5-7-15(10-14)25-2/h3-11H,12H2,1-2H3,(H,23,24). The number of carbonyl (C=O) groups excluding carboxylic acids is 1. The number of benzene rings is 1. The van der Waals surface area contributed by atoms with Gasteiger partial charge >= 0.3 is 0 Å². The highest BCUT2D eigenvalue weighted by Crippen LogP contribution is 2.23. The van der Waals surface area contributed by atoms with E-state index in [-0.39, 0.29) is 11.7 Å². The second-order valence-corrected chi connectivity index (χ2v) is 7.30. The largest absolute Gasteiger partial charge is 0.325 e. The Bertz CT molecular complexity index is 903. The van der Waals surface area contributed by atoms with E-state index in [4.69, 9.17) is 0 Å². The van der Waals surface area contributed by atoms with Crippen molar-refractivity contribution in [2.45, 2.75) is 16.8 Å². The van der Waals surface area contributed by atoms with Crippen LogP contribution in [0.2, 0.25) is 0 Å². The smallest absolute Gasteiger partial charge is 0.234 e. The molecule has 0 radical (unpaired) electrons. The van der Waals surface area contributed by atoms with Crippen LogP contribution in [0.25, 0.3) is 11.4 Å². The monoisotopic (exact) mass is 382 g/mol. The van der Waals surface area contributed by atoms with Gasteiger partial charge in [0.2, 0.25) is 5.91 Å². The van der Waals surface area contributed by atoms with Gasteiger partial charge in [0.05, 0.1) is 17.1 Å². The number of nitrogens with one attached hydrogen (secondary N) is 1. The normalized spacial score (nSPS) is 10.5. The molecule has 3 aromatic rings. The van der Waals surface area contributed by atoms with Crippen LogP contribution in [-0.4, -0.2) is 32.9 Å². The van der Waals surface area contributed by atoms with Gasteiger partial charge in [-0.3, -0.25) is 9.78 Å². The third-order valence-electron chi connectivity index (χ3n) is 3.45. The van der Waals surface area contributed by atoms with Gasteiger partial charge in [0.15, 0.2) is 0 Å². The summed E-state index contributed by atoms with van der Waals surface area (Å²) in [5.74, 6) is 0.870. The number of aromatic nitrogens is 3. The summed E-state index contributed by atoms with van der Waals surface area (Å²) in [5.41, 5.74) is 2.35. The third-order valence-corrected chi connectivity index (χ3v) is 5.08. The predicted octanol–water partition coefficient (Wildman–Crippen LogP) is 4.30. The quantitative estimate of drug-likeness (QED) is 0.506. The molecule has 5 nitrogen and oxygen atoms in total. The number of hydrogen-bond donors (Lipinski definition) is 1. The van der Waals surface area contributed by atoms with Crippen molar-refractivity contribution in [3.63, 3.8) is 0 Å². The topological polar surface area (TPSA) is 67.8 Å². The molecule has 0 bridgehead atoms. The van der Waals surface area contributed by atoms with E-state index >= 15 is 0 Å². The van der Waals surface area contributed by atoms with Crippen LogP contribution in [0.4, 0.5) is 5.69 Å². The Morgan fingerprint density at radius 2 is 1.96 bits per heavy atom. The first-order chi connectivity index (χ1) is 12.6. The van der Waals surface area contributed by atoms with E-state index in [1.165, 1.54) is 11.8 Å². The molecule has 7 heteroatoms. The lowest BCUT2D eigenvalue weighted by Crippen LogP contribution is -2.14. The summed E-state index contributed by atoms with van der Waals surface area (Å²) in [4.78, 5) is 26.5.